The third-order valence-electron chi connectivity index (χ3n) is 5.82. The topological polar surface area (TPSA) is 41.9 Å². The van der Waals surface area contributed by atoms with Crippen LogP contribution < -0.4 is 4.74 Å². The average molecular weight is 347 g/mol. The Morgan fingerprint density at radius 1 is 1.24 bits per heavy atom. The quantitative estimate of drug-likeness (QED) is 0.780. The third kappa shape index (κ3) is 5.19. The number of hydrogen-bond acceptors (Lipinski definition) is 4. The van der Waals surface area contributed by atoms with Crippen LogP contribution in [0.5, 0.6) is 5.75 Å². The number of nitrogens with zero attached hydrogens (tertiary/aromatic N) is 1. The van der Waals surface area contributed by atoms with E-state index < -0.39 is 0 Å². The molecule has 1 aliphatic heterocycles. The fourth-order valence-electron chi connectivity index (χ4n) is 4.35. The van der Waals surface area contributed by atoms with Crippen molar-refractivity contribution < 1.29 is 14.6 Å². The molecule has 4 nitrogen and oxygen atoms in total. The first-order valence-electron chi connectivity index (χ1n) is 9.81. The summed E-state index contributed by atoms with van der Waals surface area (Å²) in [7, 11) is 1.74. The van der Waals surface area contributed by atoms with Gasteiger partial charge in [-0.05, 0) is 69.2 Å². The average Bonchev–Trinajstić information content (AvgIpc) is 3.13. The second-order valence-corrected chi connectivity index (χ2v) is 7.89. The first kappa shape index (κ1) is 18.7. The van der Waals surface area contributed by atoms with Crippen LogP contribution in [-0.4, -0.2) is 49.5 Å². The van der Waals surface area contributed by atoms with Crippen LogP contribution in [0, 0.1) is 5.41 Å². The molecule has 0 unspecified atom stereocenters. The predicted molar refractivity (Wildman–Crippen MR) is 99.8 cm³/mol. The normalized spacial score (nSPS) is 25.4. The molecule has 2 aliphatic rings. The van der Waals surface area contributed by atoms with E-state index in [0.29, 0.717) is 6.10 Å². The van der Waals surface area contributed by atoms with Gasteiger partial charge in [-0.1, -0.05) is 12.1 Å². The Hall–Kier alpha value is -1.10. The highest BCUT2D eigenvalue weighted by molar-refractivity contribution is 5.28. The van der Waals surface area contributed by atoms with E-state index in [-0.39, 0.29) is 12.0 Å². The molecule has 1 heterocycles. The van der Waals surface area contributed by atoms with Gasteiger partial charge in [-0.3, -0.25) is 4.90 Å². The summed E-state index contributed by atoms with van der Waals surface area (Å²) in [5.74, 6) is 1.01. The van der Waals surface area contributed by atoms with E-state index in [1.165, 1.54) is 31.2 Å². The molecule has 0 spiro atoms. The Morgan fingerprint density at radius 2 is 2.08 bits per heavy atom. The molecule has 1 N–H and O–H groups in total. The molecular weight excluding hydrogens is 314 g/mol. The van der Waals surface area contributed by atoms with E-state index in [0.717, 1.165) is 51.3 Å². The van der Waals surface area contributed by atoms with Crippen LogP contribution in [-0.2, 0) is 11.3 Å². The van der Waals surface area contributed by atoms with Crippen molar-refractivity contribution in [2.75, 3.05) is 33.4 Å². The van der Waals surface area contributed by atoms with E-state index in [4.69, 9.17) is 9.47 Å². The van der Waals surface area contributed by atoms with Crippen molar-refractivity contribution in [3.8, 4) is 5.75 Å². The van der Waals surface area contributed by atoms with Crippen molar-refractivity contribution in [3.05, 3.63) is 29.8 Å². The molecule has 1 saturated carbocycles. The molecule has 1 aromatic carbocycles. The van der Waals surface area contributed by atoms with Gasteiger partial charge in [0.05, 0.1) is 12.7 Å². The van der Waals surface area contributed by atoms with Gasteiger partial charge >= 0.3 is 0 Å². The van der Waals surface area contributed by atoms with Gasteiger partial charge in [-0.25, -0.2) is 0 Å². The van der Waals surface area contributed by atoms with Crippen LogP contribution in [0.15, 0.2) is 24.3 Å². The zero-order valence-corrected chi connectivity index (χ0v) is 15.6. The molecule has 1 atom stereocenters. The maximum absolute atomic E-state index is 9.95. The van der Waals surface area contributed by atoms with E-state index in [1.54, 1.807) is 7.11 Å². The summed E-state index contributed by atoms with van der Waals surface area (Å²) in [5, 5.41) is 9.95. The number of likely N-dealkylation sites (tertiary alicyclic amines) is 1. The van der Waals surface area contributed by atoms with Gasteiger partial charge in [-0.2, -0.15) is 0 Å². The van der Waals surface area contributed by atoms with Crippen LogP contribution in [0.3, 0.4) is 0 Å². The summed E-state index contributed by atoms with van der Waals surface area (Å²) in [6.45, 7) is 3.94. The zero-order chi connectivity index (χ0) is 17.5. The summed E-state index contributed by atoms with van der Waals surface area (Å²) in [5.41, 5.74) is 1.29. The molecule has 4 heteroatoms. The molecule has 0 bridgehead atoms. The van der Waals surface area contributed by atoms with Crippen molar-refractivity contribution >= 4 is 0 Å². The lowest BCUT2D eigenvalue weighted by atomic mass is 9.78. The van der Waals surface area contributed by atoms with Crippen LogP contribution >= 0.6 is 0 Å². The summed E-state index contributed by atoms with van der Waals surface area (Å²) in [4.78, 5) is 2.48. The summed E-state index contributed by atoms with van der Waals surface area (Å²) < 4.78 is 11.4. The number of methoxy groups -OCH3 is 1. The molecule has 1 aliphatic carbocycles. The number of ether oxygens (including phenoxy) is 2. The number of hydrogen-bond donors (Lipinski definition) is 1. The van der Waals surface area contributed by atoms with E-state index in [2.05, 4.69) is 29.2 Å². The predicted octanol–water partition coefficient (Wildman–Crippen LogP) is 3.62. The second-order valence-electron chi connectivity index (χ2n) is 7.89. The smallest absolute Gasteiger partial charge is 0.120 e. The van der Waals surface area contributed by atoms with Crippen LogP contribution in [0.2, 0.25) is 0 Å². The lowest BCUT2D eigenvalue weighted by Crippen LogP contribution is -2.45. The summed E-state index contributed by atoms with van der Waals surface area (Å²) in [6, 6.07) is 8.57. The highest BCUT2D eigenvalue weighted by atomic mass is 16.5. The number of aliphatic hydroxyl groups excluding tert-OH is 1. The molecular formula is C21H33NO3. The van der Waals surface area contributed by atoms with Crippen molar-refractivity contribution in [2.24, 2.45) is 5.41 Å². The van der Waals surface area contributed by atoms with E-state index in [9.17, 15) is 5.11 Å². The van der Waals surface area contributed by atoms with E-state index >= 15 is 0 Å². The Kier molecular flexibility index (Phi) is 6.74. The van der Waals surface area contributed by atoms with Gasteiger partial charge in [0.1, 0.15) is 5.75 Å². The molecule has 0 radical (unpaired) electrons. The Morgan fingerprint density at radius 3 is 2.84 bits per heavy atom. The molecule has 25 heavy (non-hydrogen) atoms. The lowest BCUT2D eigenvalue weighted by molar-refractivity contribution is 0.00473. The highest BCUT2D eigenvalue weighted by Crippen LogP contribution is 2.34. The molecule has 1 aromatic rings. The van der Waals surface area contributed by atoms with E-state index in [1.807, 2.05) is 0 Å². The van der Waals surface area contributed by atoms with Crippen LogP contribution in [0.1, 0.15) is 50.5 Å². The monoisotopic (exact) mass is 347 g/mol. The SMILES string of the molecule is COCC[C@]1(CO)CCCN(Cc2cccc(OC3CCCC3)c2)C1. The Bertz CT molecular complexity index is 530. The van der Waals surface area contributed by atoms with Gasteiger partial charge in [0.25, 0.3) is 0 Å². The summed E-state index contributed by atoms with van der Waals surface area (Å²) in [6.07, 6.45) is 8.54. The minimum absolute atomic E-state index is 0.00772. The minimum atomic E-state index is -0.00772. The standard InChI is InChI=1S/C21H33NO3/c1-24-13-11-21(17-23)10-5-12-22(16-21)15-18-6-4-9-20(14-18)25-19-7-2-3-8-19/h4,6,9,14,19,23H,2-3,5,7-8,10-13,15-17H2,1H3/t21-/m1/s1. The van der Waals surface area contributed by atoms with Crippen molar-refractivity contribution in [3.63, 3.8) is 0 Å². The van der Waals surface area contributed by atoms with Crippen LogP contribution in [0.4, 0.5) is 0 Å². The summed E-state index contributed by atoms with van der Waals surface area (Å²) >= 11 is 0. The third-order valence-corrected chi connectivity index (χ3v) is 5.82. The minimum Gasteiger partial charge on any atom is -0.490 e. The highest BCUT2D eigenvalue weighted by Gasteiger charge is 2.34. The molecule has 2 fully saturated rings. The largest absolute Gasteiger partial charge is 0.490 e. The Labute approximate surface area is 152 Å². The van der Waals surface area contributed by atoms with Gasteiger partial charge in [0.2, 0.25) is 0 Å². The van der Waals surface area contributed by atoms with Gasteiger partial charge < -0.3 is 14.6 Å². The fraction of sp³-hybridized carbons (Fsp3) is 0.714. The molecule has 0 aromatic heterocycles. The number of aliphatic hydroxyl groups is 1. The maximum atomic E-state index is 9.95. The first-order chi connectivity index (χ1) is 12.2. The maximum Gasteiger partial charge on any atom is 0.120 e. The van der Waals surface area contributed by atoms with Crippen LogP contribution in [0.25, 0.3) is 0 Å². The van der Waals surface area contributed by atoms with Crippen molar-refractivity contribution in [1.29, 1.82) is 0 Å². The molecule has 140 valence electrons. The van der Waals surface area contributed by atoms with Crippen molar-refractivity contribution in [1.82, 2.24) is 4.90 Å². The fourth-order valence-corrected chi connectivity index (χ4v) is 4.35. The van der Waals surface area contributed by atoms with Gasteiger partial charge in [-0.15, -0.1) is 0 Å². The molecule has 0 amide bonds. The Balaban J connectivity index is 1.59. The molecule has 3 rings (SSSR count). The number of benzene rings is 1. The lowest BCUT2D eigenvalue weighted by Gasteiger charge is -2.42. The van der Waals surface area contributed by atoms with Gasteiger partial charge in [0.15, 0.2) is 0 Å². The number of piperidine rings is 1. The number of rotatable bonds is 8. The van der Waals surface area contributed by atoms with Crippen molar-refractivity contribution in [2.45, 2.75) is 57.6 Å². The zero-order valence-electron chi connectivity index (χ0n) is 15.6. The van der Waals surface area contributed by atoms with Gasteiger partial charge in [0, 0.05) is 32.2 Å². The first-order valence-corrected chi connectivity index (χ1v) is 9.81. The molecule has 1 saturated heterocycles. The second kappa shape index (κ2) is 9.02.